The molecule has 0 saturated carbocycles. The average molecular weight is 329 g/mol. The van der Waals surface area contributed by atoms with Crippen molar-refractivity contribution in [2.45, 2.75) is 52.2 Å². The molecular formula is C17H26Cl2N2. The lowest BCUT2D eigenvalue weighted by atomic mass is 9.98. The van der Waals surface area contributed by atoms with Crippen molar-refractivity contribution < 1.29 is 0 Å². The number of rotatable bonds is 5. The molecule has 2 nitrogen and oxygen atoms in total. The fourth-order valence-corrected chi connectivity index (χ4v) is 3.59. The second-order valence-electron chi connectivity index (χ2n) is 6.46. The van der Waals surface area contributed by atoms with E-state index in [0.717, 1.165) is 37.0 Å². The summed E-state index contributed by atoms with van der Waals surface area (Å²) in [5, 5.41) is 5.17. The Kier molecular flexibility index (Phi) is 6.36. The summed E-state index contributed by atoms with van der Waals surface area (Å²) in [6.07, 6.45) is 2.38. The minimum atomic E-state index is 0.582. The first-order valence-electron chi connectivity index (χ1n) is 7.91. The Morgan fingerprint density at radius 2 is 2.10 bits per heavy atom. The fraction of sp³-hybridized carbons (Fsp3) is 0.647. The SMILES string of the molecule is CCC1CNC(CC(C)C)CN1Cc1ccc(Cl)cc1Cl. The van der Waals surface area contributed by atoms with Gasteiger partial charge in [0, 0.05) is 41.8 Å². The maximum Gasteiger partial charge on any atom is 0.0465 e. The highest BCUT2D eigenvalue weighted by atomic mass is 35.5. The number of nitrogens with one attached hydrogen (secondary N) is 1. The van der Waals surface area contributed by atoms with Crippen LogP contribution in [0.5, 0.6) is 0 Å². The first kappa shape index (κ1) is 17.1. The molecule has 2 unspecified atom stereocenters. The molecule has 4 heteroatoms. The summed E-state index contributed by atoms with van der Waals surface area (Å²) in [5.74, 6) is 0.724. The number of hydrogen-bond donors (Lipinski definition) is 1. The van der Waals surface area contributed by atoms with Crippen LogP contribution in [-0.4, -0.2) is 30.1 Å². The second kappa shape index (κ2) is 7.82. The van der Waals surface area contributed by atoms with Crippen molar-refractivity contribution in [2.24, 2.45) is 5.92 Å². The first-order valence-corrected chi connectivity index (χ1v) is 8.66. The van der Waals surface area contributed by atoms with E-state index in [1.165, 1.54) is 12.0 Å². The van der Waals surface area contributed by atoms with E-state index in [1.807, 2.05) is 12.1 Å². The molecule has 2 rings (SSSR count). The van der Waals surface area contributed by atoms with Crippen molar-refractivity contribution in [1.82, 2.24) is 10.2 Å². The van der Waals surface area contributed by atoms with Gasteiger partial charge in [-0.2, -0.15) is 0 Å². The van der Waals surface area contributed by atoms with Crippen LogP contribution in [0, 0.1) is 5.92 Å². The highest BCUT2D eigenvalue weighted by Crippen LogP contribution is 2.25. The number of piperazine rings is 1. The van der Waals surface area contributed by atoms with Crippen LogP contribution in [0.1, 0.15) is 39.2 Å². The predicted molar refractivity (Wildman–Crippen MR) is 92.2 cm³/mol. The Balaban J connectivity index is 2.06. The van der Waals surface area contributed by atoms with Crippen molar-refractivity contribution in [2.75, 3.05) is 13.1 Å². The molecule has 0 aromatic heterocycles. The molecule has 1 N–H and O–H groups in total. The molecule has 21 heavy (non-hydrogen) atoms. The van der Waals surface area contributed by atoms with E-state index in [-0.39, 0.29) is 0 Å². The average Bonchev–Trinajstić information content (AvgIpc) is 2.41. The van der Waals surface area contributed by atoms with E-state index in [9.17, 15) is 0 Å². The van der Waals surface area contributed by atoms with Gasteiger partial charge in [-0.1, -0.05) is 50.0 Å². The lowest BCUT2D eigenvalue weighted by Crippen LogP contribution is -2.56. The molecule has 1 aliphatic rings. The number of benzene rings is 1. The second-order valence-corrected chi connectivity index (χ2v) is 7.31. The first-order chi connectivity index (χ1) is 9.99. The maximum atomic E-state index is 6.33. The zero-order chi connectivity index (χ0) is 15.4. The largest absolute Gasteiger partial charge is 0.311 e. The molecule has 0 bridgehead atoms. The van der Waals surface area contributed by atoms with Gasteiger partial charge < -0.3 is 5.32 Å². The van der Waals surface area contributed by atoms with Crippen LogP contribution in [0.3, 0.4) is 0 Å². The van der Waals surface area contributed by atoms with E-state index in [4.69, 9.17) is 23.2 Å². The zero-order valence-corrected chi connectivity index (χ0v) is 14.7. The predicted octanol–water partition coefficient (Wildman–Crippen LogP) is 4.59. The lowest BCUT2D eigenvalue weighted by molar-refractivity contribution is 0.111. The van der Waals surface area contributed by atoms with E-state index < -0.39 is 0 Å². The number of nitrogens with zero attached hydrogens (tertiary/aromatic N) is 1. The van der Waals surface area contributed by atoms with Crippen molar-refractivity contribution >= 4 is 23.2 Å². The third kappa shape index (κ3) is 4.85. The molecule has 0 spiro atoms. The van der Waals surface area contributed by atoms with Crippen LogP contribution in [-0.2, 0) is 6.54 Å². The third-order valence-electron chi connectivity index (χ3n) is 4.23. The molecular weight excluding hydrogens is 303 g/mol. The van der Waals surface area contributed by atoms with Crippen LogP contribution in [0.25, 0.3) is 0 Å². The molecule has 0 radical (unpaired) electrons. The minimum absolute atomic E-state index is 0.582. The topological polar surface area (TPSA) is 15.3 Å². The van der Waals surface area contributed by atoms with Gasteiger partial charge >= 0.3 is 0 Å². The van der Waals surface area contributed by atoms with E-state index in [0.29, 0.717) is 17.1 Å². The molecule has 2 atom stereocenters. The van der Waals surface area contributed by atoms with Crippen LogP contribution >= 0.6 is 23.2 Å². The van der Waals surface area contributed by atoms with Crippen LogP contribution in [0.2, 0.25) is 10.0 Å². The Morgan fingerprint density at radius 1 is 1.33 bits per heavy atom. The van der Waals surface area contributed by atoms with Gasteiger partial charge in [-0.15, -0.1) is 0 Å². The van der Waals surface area contributed by atoms with E-state index in [2.05, 4.69) is 37.1 Å². The third-order valence-corrected chi connectivity index (χ3v) is 4.82. The number of halogens is 2. The van der Waals surface area contributed by atoms with Crippen LogP contribution < -0.4 is 5.32 Å². The van der Waals surface area contributed by atoms with Gasteiger partial charge in [0.15, 0.2) is 0 Å². The maximum absolute atomic E-state index is 6.33. The summed E-state index contributed by atoms with van der Waals surface area (Å²) in [6.45, 7) is 9.90. The standard InChI is InChI=1S/C17H26Cl2N2/c1-4-16-9-20-15(7-12(2)3)11-21(16)10-13-5-6-14(18)8-17(13)19/h5-6,8,12,15-16,20H,4,7,9-11H2,1-3H3. The van der Waals surface area contributed by atoms with Gasteiger partial charge in [0.1, 0.15) is 0 Å². The molecule has 1 heterocycles. The van der Waals surface area contributed by atoms with E-state index >= 15 is 0 Å². The summed E-state index contributed by atoms with van der Waals surface area (Å²) >= 11 is 12.3. The van der Waals surface area contributed by atoms with Gasteiger partial charge in [0.2, 0.25) is 0 Å². The Hall–Kier alpha value is -0.280. The van der Waals surface area contributed by atoms with Gasteiger partial charge in [-0.3, -0.25) is 4.90 Å². The molecule has 1 aromatic rings. The Labute approximate surface area is 138 Å². The highest BCUT2D eigenvalue weighted by Gasteiger charge is 2.27. The fourth-order valence-electron chi connectivity index (χ4n) is 3.12. The van der Waals surface area contributed by atoms with E-state index in [1.54, 1.807) is 0 Å². The molecule has 1 saturated heterocycles. The Bertz CT molecular complexity index is 462. The normalized spacial score (nSPS) is 23.7. The molecule has 1 aromatic carbocycles. The number of hydrogen-bond acceptors (Lipinski definition) is 2. The van der Waals surface area contributed by atoms with Crippen molar-refractivity contribution in [1.29, 1.82) is 0 Å². The van der Waals surface area contributed by atoms with Crippen LogP contribution in [0.4, 0.5) is 0 Å². The smallest absolute Gasteiger partial charge is 0.0465 e. The quantitative estimate of drug-likeness (QED) is 0.850. The summed E-state index contributed by atoms with van der Waals surface area (Å²) in [4.78, 5) is 2.57. The van der Waals surface area contributed by atoms with Crippen molar-refractivity contribution in [3.8, 4) is 0 Å². The van der Waals surface area contributed by atoms with Crippen LogP contribution in [0.15, 0.2) is 18.2 Å². The molecule has 0 aliphatic carbocycles. The summed E-state index contributed by atoms with van der Waals surface area (Å²) in [7, 11) is 0. The van der Waals surface area contributed by atoms with Crippen molar-refractivity contribution in [3.05, 3.63) is 33.8 Å². The highest BCUT2D eigenvalue weighted by molar-refractivity contribution is 6.35. The summed E-state index contributed by atoms with van der Waals surface area (Å²) < 4.78 is 0. The zero-order valence-electron chi connectivity index (χ0n) is 13.2. The van der Waals surface area contributed by atoms with Gasteiger partial charge in [-0.25, -0.2) is 0 Å². The van der Waals surface area contributed by atoms with Gasteiger partial charge in [0.05, 0.1) is 0 Å². The lowest BCUT2D eigenvalue weighted by Gasteiger charge is -2.41. The van der Waals surface area contributed by atoms with Gasteiger partial charge in [-0.05, 0) is 36.5 Å². The summed E-state index contributed by atoms with van der Waals surface area (Å²) in [6, 6.07) is 6.99. The summed E-state index contributed by atoms with van der Waals surface area (Å²) in [5.41, 5.74) is 1.17. The molecule has 1 fully saturated rings. The van der Waals surface area contributed by atoms with Crippen molar-refractivity contribution in [3.63, 3.8) is 0 Å². The Morgan fingerprint density at radius 3 is 2.71 bits per heavy atom. The molecule has 0 amide bonds. The monoisotopic (exact) mass is 328 g/mol. The molecule has 1 aliphatic heterocycles. The molecule has 118 valence electrons. The van der Waals surface area contributed by atoms with Gasteiger partial charge in [0.25, 0.3) is 0 Å². The minimum Gasteiger partial charge on any atom is -0.311 e.